The van der Waals surface area contributed by atoms with E-state index in [4.69, 9.17) is 4.74 Å². The highest BCUT2D eigenvalue weighted by atomic mass is 16.5. The van der Waals surface area contributed by atoms with Gasteiger partial charge >= 0.3 is 0 Å². The first-order chi connectivity index (χ1) is 10.1. The summed E-state index contributed by atoms with van der Waals surface area (Å²) in [6.45, 7) is 7.59. The van der Waals surface area contributed by atoms with E-state index in [2.05, 4.69) is 43.0 Å². The largest absolute Gasteiger partial charge is 0.378 e. The summed E-state index contributed by atoms with van der Waals surface area (Å²) in [5, 5.41) is 0. The maximum Gasteiger partial charge on any atom is 0.236 e. The Hall–Kier alpha value is -1.39. The summed E-state index contributed by atoms with van der Waals surface area (Å²) in [6.07, 6.45) is 0. The Labute approximate surface area is 127 Å². The number of morpholine rings is 1. The molecule has 1 aliphatic heterocycles. The number of hydrogen-bond acceptors (Lipinski definition) is 3. The molecule has 1 saturated heterocycles. The number of carbonyl (C=O) groups is 1. The highest BCUT2D eigenvalue weighted by Gasteiger charge is 2.25. The molecule has 1 fully saturated rings. The summed E-state index contributed by atoms with van der Waals surface area (Å²) >= 11 is 0. The summed E-state index contributed by atoms with van der Waals surface area (Å²) in [5.74, 6) is 0.650. The van der Waals surface area contributed by atoms with E-state index in [9.17, 15) is 4.79 Å². The maximum atomic E-state index is 12.4. The monoisotopic (exact) mass is 290 g/mol. The molecular weight excluding hydrogens is 264 g/mol. The summed E-state index contributed by atoms with van der Waals surface area (Å²) in [7, 11) is 2.04. The van der Waals surface area contributed by atoms with E-state index >= 15 is 0 Å². The Morgan fingerprint density at radius 2 is 1.86 bits per heavy atom. The molecule has 116 valence electrons. The van der Waals surface area contributed by atoms with E-state index in [0.29, 0.717) is 38.8 Å². The van der Waals surface area contributed by atoms with E-state index in [-0.39, 0.29) is 11.9 Å². The first-order valence-electron chi connectivity index (χ1n) is 7.70. The van der Waals surface area contributed by atoms with Gasteiger partial charge < -0.3 is 9.64 Å². The van der Waals surface area contributed by atoms with Gasteiger partial charge in [0.05, 0.1) is 19.8 Å². The van der Waals surface area contributed by atoms with Crippen LogP contribution in [-0.2, 0) is 9.53 Å². The van der Waals surface area contributed by atoms with Crippen LogP contribution < -0.4 is 0 Å². The molecule has 4 heteroatoms. The predicted octanol–water partition coefficient (Wildman–Crippen LogP) is 2.17. The van der Waals surface area contributed by atoms with Crippen molar-refractivity contribution in [3.05, 3.63) is 35.9 Å². The van der Waals surface area contributed by atoms with Gasteiger partial charge in [-0.15, -0.1) is 0 Å². The van der Waals surface area contributed by atoms with E-state index in [1.54, 1.807) is 0 Å². The van der Waals surface area contributed by atoms with Gasteiger partial charge in [0.2, 0.25) is 5.91 Å². The van der Waals surface area contributed by atoms with Crippen molar-refractivity contribution in [2.45, 2.75) is 19.9 Å². The van der Waals surface area contributed by atoms with Crippen molar-refractivity contribution in [3.63, 3.8) is 0 Å². The first-order valence-corrected chi connectivity index (χ1v) is 7.70. The van der Waals surface area contributed by atoms with Crippen LogP contribution in [0.15, 0.2) is 30.3 Å². The van der Waals surface area contributed by atoms with Crippen molar-refractivity contribution in [1.82, 2.24) is 9.80 Å². The van der Waals surface area contributed by atoms with Crippen LogP contribution >= 0.6 is 0 Å². The molecule has 1 aliphatic rings. The Morgan fingerprint density at radius 3 is 2.43 bits per heavy atom. The molecule has 1 atom stereocenters. The molecule has 1 aromatic rings. The van der Waals surface area contributed by atoms with Crippen molar-refractivity contribution >= 4 is 5.91 Å². The summed E-state index contributed by atoms with van der Waals surface area (Å²) in [5.41, 5.74) is 1.27. The van der Waals surface area contributed by atoms with Crippen molar-refractivity contribution in [2.24, 2.45) is 5.92 Å². The van der Waals surface area contributed by atoms with Gasteiger partial charge in [0.1, 0.15) is 0 Å². The lowest BCUT2D eigenvalue weighted by Crippen LogP contribution is -2.46. The van der Waals surface area contributed by atoms with Crippen LogP contribution in [0.1, 0.15) is 25.5 Å². The zero-order valence-electron chi connectivity index (χ0n) is 13.3. The zero-order valence-corrected chi connectivity index (χ0v) is 13.3. The molecule has 0 saturated carbocycles. The first kappa shape index (κ1) is 16.0. The van der Waals surface area contributed by atoms with Gasteiger partial charge in [-0.1, -0.05) is 44.2 Å². The second-order valence-electron chi connectivity index (χ2n) is 6.01. The number of amides is 1. The fourth-order valence-electron chi connectivity index (χ4n) is 3.02. The van der Waals surface area contributed by atoms with Crippen LogP contribution in [-0.4, -0.2) is 55.6 Å². The molecule has 1 heterocycles. The molecule has 0 aliphatic carbocycles. The molecule has 0 unspecified atom stereocenters. The number of benzene rings is 1. The molecule has 0 bridgehead atoms. The van der Waals surface area contributed by atoms with Crippen LogP contribution in [0.4, 0.5) is 0 Å². The molecule has 1 amide bonds. The third-order valence-electron chi connectivity index (χ3n) is 4.00. The minimum absolute atomic E-state index is 0.197. The highest BCUT2D eigenvalue weighted by molar-refractivity contribution is 5.78. The molecule has 0 N–H and O–H groups in total. The van der Waals surface area contributed by atoms with Crippen molar-refractivity contribution in [3.8, 4) is 0 Å². The SMILES string of the molecule is CC(C)[C@H](c1ccccc1)N(C)CC(=O)N1CCOCC1. The zero-order chi connectivity index (χ0) is 15.2. The summed E-state index contributed by atoms with van der Waals surface area (Å²) in [6, 6.07) is 10.7. The molecule has 1 aromatic carbocycles. The topological polar surface area (TPSA) is 32.8 Å². The smallest absolute Gasteiger partial charge is 0.236 e. The average molecular weight is 290 g/mol. The van der Waals surface area contributed by atoms with E-state index < -0.39 is 0 Å². The number of carbonyl (C=O) groups excluding carboxylic acids is 1. The van der Waals surface area contributed by atoms with Crippen molar-refractivity contribution in [1.29, 1.82) is 0 Å². The fourth-order valence-corrected chi connectivity index (χ4v) is 3.02. The van der Waals surface area contributed by atoms with Gasteiger partial charge in [-0.3, -0.25) is 9.69 Å². The number of nitrogens with zero attached hydrogens (tertiary/aromatic N) is 2. The highest BCUT2D eigenvalue weighted by Crippen LogP contribution is 2.27. The number of rotatable bonds is 5. The van der Waals surface area contributed by atoms with Gasteiger partial charge in [0.25, 0.3) is 0 Å². The Kier molecular flexibility index (Phi) is 5.76. The van der Waals surface area contributed by atoms with Gasteiger partial charge in [-0.05, 0) is 18.5 Å². The Balaban J connectivity index is 2.01. The van der Waals surface area contributed by atoms with Crippen LogP contribution in [0, 0.1) is 5.92 Å². The van der Waals surface area contributed by atoms with E-state index in [1.165, 1.54) is 5.56 Å². The van der Waals surface area contributed by atoms with Crippen LogP contribution in [0.5, 0.6) is 0 Å². The quantitative estimate of drug-likeness (QED) is 0.833. The van der Waals surface area contributed by atoms with Crippen LogP contribution in [0.2, 0.25) is 0 Å². The molecule has 4 nitrogen and oxygen atoms in total. The normalized spacial score (nSPS) is 17.3. The molecule has 21 heavy (non-hydrogen) atoms. The number of likely N-dealkylation sites (N-methyl/N-ethyl adjacent to an activating group) is 1. The van der Waals surface area contributed by atoms with Crippen LogP contribution in [0.25, 0.3) is 0 Å². The predicted molar refractivity (Wildman–Crippen MR) is 84.1 cm³/mol. The average Bonchev–Trinajstić information content (AvgIpc) is 2.49. The van der Waals surface area contributed by atoms with E-state index in [1.807, 2.05) is 18.0 Å². The lowest BCUT2D eigenvalue weighted by atomic mass is 9.95. The third kappa shape index (κ3) is 4.29. The van der Waals surface area contributed by atoms with Gasteiger partial charge in [0.15, 0.2) is 0 Å². The molecular formula is C17H26N2O2. The molecule has 0 spiro atoms. The third-order valence-corrected chi connectivity index (χ3v) is 4.00. The van der Waals surface area contributed by atoms with E-state index in [0.717, 1.165) is 0 Å². The number of ether oxygens (including phenoxy) is 1. The van der Waals surface area contributed by atoms with Crippen molar-refractivity contribution < 1.29 is 9.53 Å². The lowest BCUT2D eigenvalue weighted by molar-refractivity contribution is -0.136. The second kappa shape index (κ2) is 7.57. The van der Waals surface area contributed by atoms with Gasteiger partial charge in [-0.2, -0.15) is 0 Å². The van der Waals surface area contributed by atoms with Gasteiger partial charge in [0, 0.05) is 19.1 Å². The molecule has 0 aromatic heterocycles. The lowest BCUT2D eigenvalue weighted by Gasteiger charge is -2.34. The second-order valence-corrected chi connectivity index (χ2v) is 6.01. The molecule has 2 rings (SSSR count). The van der Waals surface area contributed by atoms with Crippen molar-refractivity contribution in [2.75, 3.05) is 39.9 Å². The Bertz CT molecular complexity index is 441. The minimum Gasteiger partial charge on any atom is -0.378 e. The van der Waals surface area contributed by atoms with Crippen LogP contribution in [0.3, 0.4) is 0 Å². The minimum atomic E-state index is 0.197. The summed E-state index contributed by atoms with van der Waals surface area (Å²) < 4.78 is 5.30. The summed E-state index contributed by atoms with van der Waals surface area (Å²) in [4.78, 5) is 16.5. The Morgan fingerprint density at radius 1 is 1.24 bits per heavy atom. The maximum absolute atomic E-state index is 12.4. The molecule has 0 radical (unpaired) electrons. The fraction of sp³-hybridized carbons (Fsp3) is 0.588. The van der Waals surface area contributed by atoms with Gasteiger partial charge in [-0.25, -0.2) is 0 Å². The number of hydrogen-bond donors (Lipinski definition) is 0. The standard InChI is InChI=1S/C17H26N2O2/c1-14(2)17(15-7-5-4-6-8-15)18(3)13-16(20)19-9-11-21-12-10-19/h4-8,14,17H,9-13H2,1-3H3/t17-/m1/s1.